The molecule has 0 radical (unpaired) electrons. The van der Waals surface area contributed by atoms with Gasteiger partial charge in [-0.05, 0) is 64.2 Å². The maximum absolute atomic E-state index is 10.0. The summed E-state index contributed by atoms with van der Waals surface area (Å²) < 4.78 is 11.3. The Morgan fingerprint density at radius 1 is 0.833 bits per heavy atom. The predicted octanol–water partition coefficient (Wildman–Crippen LogP) is 6.75. The molecule has 1 heterocycles. The number of methoxy groups -OCH3 is 1. The van der Waals surface area contributed by atoms with Gasteiger partial charge in [0.05, 0.1) is 19.4 Å². The zero-order valence-electron chi connectivity index (χ0n) is 20.1. The van der Waals surface area contributed by atoms with Gasteiger partial charge >= 0.3 is 0 Å². The Bertz CT molecular complexity index is 1570. The number of aliphatic hydroxyl groups excluding tert-OH is 1. The summed E-state index contributed by atoms with van der Waals surface area (Å²) in [5.41, 5.74) is 3.69. The lowest BCUT2D eigenvalue weighted by atomic mass is 9.96. The van der Waals surface area contributed by atoms with E-state index in [2.05, 4.69) is 54.6 Å². The highest BCUT2D eigenvalue weighted by atomic mass is 16.5. The molecule has 0 spiro atoms. The number of aromatic nitrogens is 1. The molecule has 5 heteroatoms. The average Bonchev–Trinajstić information content (AvgIpc) is 2.94. The van der Waals surface area contributed by atoms with Gasteiger partial charge in [0.15, 0.2) is 0 Å². The van der Waals surface area contributed by atoms with E-state index in [1.807, 2.05) is 36.4 Å². The van der Waals surface area contributed by atoms with Crippen molar-refractivity contribution < 1.29 is 14.6 Å². The molecule has 1 aromatic heterocycles. The van der Waals surface area contributed by atoms with E-state index in [1.54, 1.807) is 7.11 Å². The molecule has 0 amide bonds. The fourth-order valence-electron chi connectivity index (χ4n) is 4.44. The van der Waals surface area contributed by atoms with Crippen LogP contribution in [-0.4, -0.2) is 30.4 Å². The summed E-state index contributed by atoms with van der Waals surface area (Å²) in [6, 6.07) is 30.8. The third kappa shape index (κ3) is 4.59. The quantitative estimate of drug-likeness (QED) is 0.199. The first-order chi connectivity index (χ1) is 17.7. The maximum atomic E-state index is 10.0. The Balaban J connectivity index is 1.64. The number of pyridine rings is 1. The number of hydrogen-bond donors (Lipinski definition) is 1. The predicted molar refractivity (Wildman–Crippen MR) is 143 cm³/mol. The Morgan fingerprint density at radius 2 is 1.58 bits per heavy atom. The van der Waals surface area contributed by atoms with Crippen LogP contribution in [-0.2, 0) is 0 Å². The molecule has 0 fully saturated rings. The van der Waals surface area contributed by atoms with Crippen LogP contribution in [0, 0.1) is 11.3 Å². The number of rotatable bonds is 8. The van der Waals surface area contributed by atoms with Crippen LogP contribution < -0.4 is 9.47 Å². The zero-order chi connectivity index (χ0) is 24.9. The second kappa shape index (κ2) is 10.5. The van der Waals surface area contributed by atoms with Crippen molar-refractivity contribution in [2.45, 2.75) is 12.8 Å². The molecule has 0 aliphatic rings. The summed E-state index contributed by atoms with van der Waals surface area (Å²) >= 11 is 0. The molecule has 0 unspecified atom stereocenters. The number of hydrogen-bond acceptors (Lipinski definition) is 5. The highest BCUT2D eigenvalue weighted by Gasteiger charge is 2.17. The fraction of sp³-hybridized carbons (Fsp3) is 0.161. The average molecular weight is 475 g/mol. The Morgan fingerprint density at radius 3 is 2.36 bits per heavy atom. The summed E-state index contributed by atoms with van der Waals surface area (Å²) in [6.07, 6.45) is 1.31. The molecule has 1 N–H and O–H groups in total. The number of fused-ring (bicyclic) bond motifs is 3. The molecule has 36 heavy (non-hydrogen) atoms. The van der Waals surface area contributed by atoms with Crippen LogP contribution >= 0.6 is 0 Å². The van der Waals surface area contributed by atoms with Crippen LogP contribution in [0.5, 0.6) is 11.6 Å². The van der Waals surface area contributed by atoms with Crippen molar-refractivity contribution in [2.75, 3.05) is 20.3 Å². The summed E-state index contributed by atoms with van der Waals surface area (Å²) in [5.74, 6) is 1.05. The third-order valence-electron chi connectivity index (χ3n) is 6.33. The first-order valence-corrected chi connectivity index (χ1v) is 12.0. The molecule has 178 valence electrons. The molecule has 0 aliphatic carbocycles. The topological polar surface area (TPSA) is 75.4 Å². The minimum absolute atomic E-state index is 0.102. The molecule has 0 atom stereocenters. The van der Waals surface area contributed by atoms with Crippen LogP contribution in [0.1, 0.15) is 18.4 Å². The van der Waals surface area contributed by atoms with E-state index >= 15 is 0 Å². The van der Waals surface area contributed by atoms with Crippen molar-refractivity contribution >= 4 is 21.5 Å². The van der Waals surface area contributed by atoms with E-state index in [4.69, 9.17) is 19.6 Å². The smallest absolute Gasteiger partial charge is 0.232 e. The summed E-state index contributed by atoms with van der Waals surface area (Å²) in [6.45, 7) is 0.474. The second-order valence-corrected chi connectivity index (χ2v) is 8.58. The highest BCUT2D eigenvalue weighted by Crippen LogP contribution is 2.36. The maximum Gasteiger partial charge on any atom is 0.232 e. The number of nitriles is 1. The Labute approximate surface area is 210 Å². The van der Waals surface area contributed by atoms with E-state index in [1.165, 1.54) is 16.2 Å². The van der Waals surface area contributed by atoms with E-state index in [0.717, 1.165) is 33.5 Å². The molecular weight excluding hydrogens is 448 g/mol. The van der Waals surface area contributed by atoms with Gasteiger partial charge in [0.1, 0.15) is 17.4 Å². The van der Waals surface area contributed by atoms with E-state index in [-0.39, 0.29) is 6.61 Å². The van der Waals surface area contributed by atoms with Crippen LogP contribution in [0.2, 0.25) is 0 Å². The van der Waals surface area contributed by atoms with Gasteiger partial charge in [-0.1, -0.05) is 60.7 Å². The molecule has 5 aromatic rings. The number of benzene rings is 4. The van der Waals surface area contributed by atoms with E-state index in [9.17, 15) is 5.26 Å². The van der Waals surface area contributed by atoms with Crippen LogP contribution in [0.25, 0.3) is 43.9 Å². The monoisotopic (exact) mass is 474 g/mol. The van der Waals surface area contributed by atoms with Gasteiger partial charge in [-0.25, -0.2) is 4.98 Å². The van der Waals surface area contributed by atoms with E-state index < -0.39 is 0 Å². The minimum atomic E-state index is 0.102. The number of nitrogens with zero attached hydrogens (tertiary/aromatic N) is 2. The Kier molecular flexibility index (Phi) is 6.79. The van der Waals surface area contributed by atoms with Crippen LogP contribution in [0.4, 0.5) is 0 Å². The molecule has 0 saturated carbocycles. The van der Waals surface area contributed by atoms with Gasteiger partial charge < -0.3 is 14.6 Å². The van der Waals surface area contributed by atoms with Gasteiger partial charge in [-0.2, -0.15) is 5.26 Å². The molecule has 0 saturated heterocycles. The van der Waals surface area contributed by atoms with E-state index in [0.29, 0.717) is 30.9 Å². The van der Waals surface area contributed by atoms with Crippen LogP contribution in [0.15, 0.2) is 84.9 Å². The van der Waals surface area contributed by atoms with Crippen molar-refractivity contribution in [3.63, 3.8) is 0 Å². The number of aliphatic hydroxyl groups is 1. The second-order valence-electron chi connectivity index (χ2n) is 8.58. The SMILES string of the molecule is COc1ccc(-c2cc(-c3ccc4c(ccc5ccccc54)c3)nc(OCCCCO)c2C#N)cc1. The molecule has 5 nitrogen and oxygen atoms in total. The minimum Gasteiger partial charge on any atom is -0.497 e. The van der Waals surface area contributed by atoms with Gasteiger partial charge in [-0.3, -0.25) is 0 Å². The molecule has 0 bridgehead atoms. The molecule has 4 aromatic carbocycles. The lowest BCUT2D eigenvalue weighted by molar-refractivity contribution is 0.249. The van der Waals surface area contributed by atoms with Crippen molar-refractivity contribution in [3.05, 3.63) is 90.5 Å². The van der Waals surface area contributed by atoms with Gasteiger partial charge in [0.25, 0.3) is 0 Å². The molecular formula is C31H26N2O3. The largest absolute Gasteiger partial charge is 0.497 e. The van der Waals surface area contributed by atoms with Gasteiger partial charge in [0.2, 0.25) is 5.88 Å². The first kappa shape index (κ1) is 23.3. The number of ether oxygens (including phenoxy) is 2. The summed E-state index contributed by atoms with van der Waals surface area (Å²) in [7, 11) is 1.63. The third-order valence-corrected chi connectivity index (χ3v) is 6.33. The van der Waals surface area contributed by atoms with Crippen molar-refractivity contribution in [2.24, 2.45) is 0 Å². The number of unbranched alkanes of at least 4 members (excludes halogenated alkanes) is 1. The molecule has 5 rings (SSSR count). The summed E-state index contributed by atoms with van der Waals surface area (Å²) in [4.78, 5) is 4.77. The lowest BCUT2D eigenvalue weighted by Crippen LogP contribution is -2.04. The summed E-state index contributed by atoms with van der Waals surface area (Å²) in [5, 5.41) is 23.9. The highest BCUT2D eigenvalue weighted by molar-refractivity contribution is 6.08. The van der Waals surface area contributed by atoms with Crippen LogP contribution in [0.3, 0.4) is 0 Å². The lowest BCUT2D eigenvalue weighted by Gasteiger charge is -2.14. The zero-order valence-corrected chi connectivity index (χ0v) is 20.1. The first-order valence-electron chi connectivity index (χ1n) is 12.0. The van der Waals surface area contributed by atoms with Crippen molar-refractivity contribution in [1.82, 2.24) is 4.98 Å². The normalized spacial score (nSPS) is 10.9. The van der Waals surface area contributed by atoms with Gasteiger partial charge in [0, 0.05) is 17.7 Å². The fourth-order valence-corrected chi connectivity index (χ4v) is 4.44. The Hall–Kier alpha value is -4.40. The van der Waals surface area contributed by atoms with Gasteiger partial charge in [-0.15, -0.1) is 0 Å². The molecule has 0 aliphatic heterocycles. The van der Waals surface area contributed by atoms with Crippen molar-refractivity contribution in [1.29, 1.82) is 5.26 Å². The standard InChI is InChI=1S/C31H26N2O3/c1-35-25-13-10-22(11-14-25)28-19-30(33-31(29(28)20-32)36-17-5-4-16-34)24-12-15-27-23(18-24)9-8-21-6-2-3-7-26(21)27/h2-3,6-15,18-19,34H,4-5,16-17H2,1H3. The van der Waals surface area contributed by atoms with Crippen molar-refractivity contribution in [3.8, 4) is 40.1 Å².